The zero-order valence-corrected chi connectivity index (χ0v) is 11.1. The molecule has 0 aliphatic carbocycles. The molecule has 0 radical (unpaired) electrons. The van der Waals surface area contributed by atoms with Crippen LogP contribution in [0.3, 0.4) is 0 Å². The van der Waals surface area contributed by atoms with E-state index in [1.54, 1.807) is 12.1 Å². The topological polar surface area (TPSA) is 36.1 Å². The van der Waals surface area contributed by atoms with Crippen LogP contribution in [0.1, 0.15) is 11.1 Å². The molecule has 82 valence electrons. The third-order valence-electron chi connectivity index (χ3n) is 2.25. The van der Waals surface area contributed by atoms with Crippen LogP contribution < -0.4 is 0 Å². The molecule has 0 heterocycles. The maximum Gasteiger partial charge on any atom is 0.0991 e. The Morgan fingerprint density at radius 2 is 1.76 bits per heavy atom. The number of rotatable bonds is 2. The lowest BCUT2D eigenvalue weighted by atomic mass is 10.2. The SMILES string of the molecule is N#Cc1ccc(N=Cc2ccccc2I)cc1. The molecule has 3 heteroatoms. The Kier molecular flexibility index (Phi) is 3.89. The summed E-state index contributed by atoms with van der Waals surface area (Å²) >= 11 is 2.28. The van der Waals surface area contributed by atoms with E-state index in [4.69, 9.17) is 5.26 Å². The van der Waals surface area contributed by atoms with Gasteiger partial charge in [0.05, 0.1) is 17.3 Å². The second-order valence-electron chi connectivity index (χ2n) is 3.44. The molecule has 0 N–H and O–H groups in total. The molecule has 0 bridgehead atoms. The molecule has 17 heavy (non-hydrogen) atoms. The lowest BCUT2D eigenvalue weighted by Gasteiger charge is -1.97. The molecule has 0 amide bonds. The van der Waals surface area contributed by atoms with Crippen molar-refractivity contribution in [2.24, 2.45) is 4.99 Å². The molecule has 0 aliphatic heterocycles. The molecular weight excluding hydrogens is 323 g/mol. The number of nitriles is 1. The van der Waals surface area contributed by atoms with E-state index in [2.05, 4.69) is 33.7 Å². The van der Waals surface area contributed by atoms with Crippen LogP contribution in [-0.4, -0.2) is 6.21 Å². The maximum absolute atomic E-state index is 8.68. The summed E-state index contributed by atoms with van der Waals surface area (Å²) in [5.41, 5.74) is 2.60. The maximum atomic E-state index is 8.68. The summed E-state index contributed by atoms with van der Waals surface area (Å²) in [6.45, 7) is 0. The van der Waals surface area contributed by atoms with Gasteiger partial charge in [0.25, 0.3) is 0 Å². The molecule has 0 spiro atoms. The summed E-state index contributed by atoms with van der Waals surface area (Å²) in [6.07, 6.45) is 1.84. The summed E-state index contributed by atoms with van der Waals surface area (Å²) in [4.78, 5) is 4.37. The normalized spacial score (nSPS) is 10.4. The molecule has 0 unspecified atom stereocenters. The molecule has 0 saturated heterocycles. The summed E-state index contributed by atoms with van der Waals surface area (Å²) < 4.78 is 1.17. The minimum atomic E-state index is 0.651. The van der Waals surface area contributed by atoms with Gasteiger partial charge in [-0.15, -0.1) is 0 Å². The van der Waals surface area contributed by atoms with Crippen molar-refractivity contribution >= 4 is 34.5 Å². The van der Waals surface area contributed by atoms with Gasteiger partial charge in [0.2, 0.25) is 0 Å². The Balaban J connectivity index is 2.21. The lowest BCUT2D eigenvalue weighted by Crippen LogP contribution is -1.84. The van der Waals surface area contributed by atoms with E-state index in [9.17, 15) is 0 Å². The number of hydrogen-bond acceptors (Lipinski definition) is 2. The van der Waals surface area contributed by atoms with Crippen LogP contribution in [0.2, 0.25) is 0 Å². The monoisotopic (exact) mass is 332 g/mol. The van der Waals surface area contributed by atoms with E-state index in [0.29, 0.717) is 5.56 Å². The Hall–Kier alpha value is -1.67. The van der Waals surface area contributed by atoms with Crippen molar-refractivity contribution in [1.29, 1.82) is 5.26 Å². The number of nitrogens with zero attached hydrogens (tertiary/aromatic N) is 2. The van der Waals surface area contributed by atoms with Crippen LogP contribution in [0.5, 0.6) is 0 Å². The summed E-state index contributed by atoms with van der Waals surface area (Å²) in [5.74, 6) is 0. The third-order valence-corrected chi connectivity index (χ3v) is 3.24. The molecule has 0 fully saturated rings. The fourth-order valence-electron chi connectivity index (χ4n) is 1.35. The first-order valence-electron chi connectivity index (χ1n) is 5.08. The predicted octanol–water partition coefficient (Wildman–Crippen LogP) is 3.91. The molecule has 0 atom stereocenters. The first-order valence-corrected chi connectivity index (χ1v) is 6.16. The summed E-state index contributed by atoms with van der Waals surface area (Å²) in [7, 11) is 0. The first kappa shape index (κ1) is 11.8. The average Bonchev–Trinajstić information content (AvgIpc) is 2.38. The van der Waals surface area contributed by atoms with Gasteiger partial charge >= 0.3 is 0 Å². The van der Waals surface area contributed by atoms with Gasteiger partial charge in [-0.05, 0) is 52.9 Å². The Morgan fingerprint density at radius 3 is 2.41 bits per heavy atom. The number of halogens is 1. The minimum Gasteiger partial charge on any atom is -0.256 e. The van der Waals surface area contributed by atoms with Crippen LogP contribution >= 0.6 is 22.6 Å². The van der Waals surface area contributed by atoms with Crippen LogP contribution in [-0.2, 0) is 0 Å². The second-order valence-corrected chi connectivity index (χ2v) is 4.60. The van der Waals surface area contributed by atoms with Crippen LogP contribution in [0, 0.1) is 14.9 Å². The van der Waals surface area contributed by atoms with Crippen molar-refractivity contribution in [2.75, 3.05) is 0 Å². The van der Waals surface area contributed by atoms with Gasteiger partial charge in [-0.25, -0.2) is 0 Å². The largest absolute Gasteiger partial charge is 0.256 e. The summed E-state index contributed by atoms with van der Waals surface area (Å²) in [6, 6.07) is 17.3. The van der Waals surface area contributed by atoms with Crippen molar-refractivity contribution in [3.8, 4) is 6.07 Å². The number of hydrogen-bond donors (Lipinski definition) is 0. The van der Waals surface area contributed by atoms with Crippen LogP contribution in [0.4, 0.5) is 5.69 Å². The molecule has 2 aromatic carbocycles. The third kappa shape index (κ3) is 3.14. The highest BCUT2D eigenvalue weighted by molar-refractivity contribution is 14.1. The highest BCUT2D eigenvalue weighted by atomic mass is 127. The second kappa shape index (κ2) is 5.60. The fourth-order valence-corrected chi connectivity index (χ4v) is 1.87. The minimum absolute atomic E-state index is 0.651. The molecule has 0 saturated carbocycles. The Morgan fingerprint density at radius 1 is 1.06 bits per heavy atom. The molecule has 2 aromatic rings. The zero-order chi connectivity index (χ0) is 12.1. The van der Waals surface area contributed by atoms with Gasteiger partial charge < -0.3 is 0 Å². The highest BCUT2D eigenvalue weighted by Gasteiger charge is 1.94. The van der Waals surface area contributed by atoms with E-state index in [1.165, 1.54) is 3.57 Å². The predicted molar refractivity (Wildman–Crippen MR) is 77.6 cm³/mol. The smallest absolute Gasteiger partial charge is 0.0991 e. The van der Waals surface area contributed by atoms with Crippen molar-refractivity contribution in [1.82, 2.24) is 0 Å². The van der Waals surface area contributed by atoms with Gasteiger partial charge in [0.1, 0.15) is 0 Å². The first-order chi connectivity index (χ1) is 8.29. The lowest BCUT2D eigenvalue weighted by molar-refractivity contribution is 1.46. The number of benzene rings is 2. The molecule has 2 rings (SSSR count). The van der Waals surface area contributed by atoms with Crippen molar-refractivity contribution in [3.05, 3.63) is 63.2 Å². The van der Waals surface area contributed by atoms with E-state index in [-0.39, 0.29) is 0 Å². The van der Waals surface area contributed by atoms with Gasteiger partial charge in [-0.3, -0.25) is 4.99 Å². The van der Waals surface area contributed by atoms with Crippen LogP contribution in [0.25, 0.3) is 0 Å². The van der Waals surface area contributed by atoms with E-state index in [1.807, 2.05) is 42.6 Å². The molecule has 0 aliphatic rings. The average molecular weight is 332 g/mol. The zero-order valence-electron chi connectivity index (χ0n) is 8.97. The van der Waals surface area contributed by atoms with Crippen molar-refractivity contribution < 1.29 is 0 Å². The van der Waals surface area contributed by atoms with Crippen LogP contribution in [0.15, 0.2) is 53.5 Å². The standard InChI is InChI=1S/C14H9IN2/c15-14-4-2-1-3-12(14)10-17-13-7-5-11(9-16)6-8-13/h1-8,10H. The van der Waals surface area contributed by atoms with E-state index < -0.39 is 0 Å². The van der Waals surface area contributed by atoms with Gasteiger partial charge in [0, 0.05) is 15.3 Å². The quantitative estimate of drug-likeness (QED) is 0.607. The van der Waals surface area contributed by atoms with Gasteiger partial charge in [-0.2, -0.15) is 5.26 Å². The fraction of sp³-hybridized carbons (Fsp3) is 0. The Bertz CT molecular complexity index is 580. The highest BCUT2D eigenvalue weighted by Crippen LogP contribution is 2.14. The van der Waals surface area contributed by atoms with E-state index >= 15 is 0 Å². The molecule has 0 aromatic heterocycles. The van der Waals surface area contributed by atoms with Gasteiger partial charge in [0.15, 0.2) is 0 Å². The summed E-state index contributed by atoms with van der Waals surface area (Å²) in [5, 5.41) is 8.68. The van der Waals surface area contributed by atoms with E-state index in [0.717, 1.165) is 11.3 Å². The van der Waals surface area contributed by atoms with Crippen molar-refractivity contribution in [2.45, 2.75) is 0 Å². The molecular formula is C14H9IN2. The molecule has 2 nitrogen and oxygen atoms in total. The van der Waals surface area contributed by atoms with Gasteiger partial charge in [-0.1, -0.05) is 18.2 Å². The Labute approximate surface area is 114 Å². The van der Waals surface area contributed by atoms with Crippen molar-refractivity contribution in [3.63, 3.8) is 0 Å². The number of aliphatic imine (C=N–C) groups is 1.